The van der Waals surface area contributed by atoms with Gasteiger partial charge in [-0.3, -0.25) is 9.35 Å². The highest BCUT2D eigenvalue weighted by molar-refractivity contribution is 7.85. The number of anilines is 1. The molecule has 1 amide bonds. The van der Waals surface area contributed by atoms with E-state index in [1.54, 1.807) is 0 Å². The lowest BCUT2D eigenvalue weighted by molar-refractivity contribution is -0.123. The highest BCUT2D eigenvalue weighted by atomic mass is 32.2. The molecular weight excluding hydrogens is 462 g/mol. The Bertz CT molecular complexity index is 1100. The van der Waals surface area contributed by atoms with E-state index in [1.165, 1.54) is 29.8 Å². The van der Waals surface area contributed by atoms with Crippen LogP contribution < -0.4 is 10.1 Å². The largest absolute Gasteiger partial charge is 0.480 e. The first-order chi connectivity index (χ1) is 16.2. The molecule has 2 rings (SSSR count). The molecule has 1 atom stereocenters. The summed E-state index contributed by atoms with van der Waals surface area (Å²) >= 11 is 0. The topological polar surface area (TPSA) is 92.7 Å². The molecule has 2 aromatic carbocycles. The summed E-state index contributed by atoms with van der Waals surface area (Å²) in [6.45, 7) is 15.2. The Labute approximate surface area is 211 Å². The molecule has 2 N–H and O–H groups in total. The molecular formula is C28H41NO5S. The van der Waals surface area contributed by atoms with Gasteiger partial charge in [0.15, 0.2) is 6.10 Å². The first-order valence-corrected chi connectivity index (χ1v) is 13.9. The molecule has 0 saturated heterocycles. The van der Waals surface area contributed by atoms with Gasteiger partial charge in [-0.05, 0) is 72.4 Å². The Morgan fingerprint density at radius 1 is 0.971 bits per heavy atom. The minimum atomic E-state index is -4.29. The van der Waals surface area contributed by atoms with Crippen LogP contribution in [0.15, 0.2) is 47.4 Å². The number of carbonyl (C=O) groups is 1. The van der Waals surface area contributed by atoms with E-state index in [4.69, 9.17) is 4.74 Å². The summed E-state index contributed by atoms with van der Waals surface area (Å²) in [6.07, 6.45) is 3.54. The van der Waals surface area contributed by atoms with Crippen molar-refractivity contribution in [2.75, 3.05) is 5.32 Å². The highest BCUT2D eigenvalue weighted by Gasteiger charge is 2.29. The molecule has 0 radical (unpaired) electrons. The summed E-state index contributed by atoms with van der Waals surface area (Å²) in [7, 11) is -4.29. The lowest BCUT2D eigenvalue weighted by Crippen LogP contribution is -2.34. The Morgan fingerprint density at radius 2 is 1.57 bits per heavy atom. The Hall–Kier alpha value is -2.38. The molecule has 0 aliphatic carbocycles. The predicted octanol–water partition coefficient (Wildman–Crippen LogP) is 6.88. The van der Waals surface area contributed by atoms with E-state index < -0.39 is 16.2 Å². The summed E-state index contributed by atoms with van der Waals surface area (Å²) in [5, 5.41) is 2.83. The number of hydrogen-bond acceptors (Lipinski definition) is 4. The van der Waals surface area contributed by atoms with Crippen LogP contribution in [-0.2, 0) is 25.7 Å². The van der Waals surface area contributed by atoms with Gasteiger partial charge in [-0.1, -0.05) is 67.0 Å². The number of ether oxygens (including phenoxy) is 1. The fourth-order valence-electron chi connectivity index (χ4n) is 3.70. The first kappa shape index (κ1) is 28.9. The number of amides is 1. The van der Waals surface area contributed by atoms with Crippen molar-refractivity contribution in [3.63, 3.8) is 0 Å². The minimum Gasteiger partial charge on any atom is -0.480 e. The third-order valence-electron chi connectivity index (χ3n) is 7.06. The van der Waals surface area contributed by atoms with E-state index in [0.29, 0.717) is 17.9 Å². The fraction of sp³-hybridized carbons (Fsp3) is 0.536. The Morgan fingerprint density at radius 3 is 2.09 bits per heavy atom. The van der Waals surface area contributed by atoms with Gasteiger partial charge in [0.2, 0.25) is 0 Å². The number of carbonyl (C=O) groups excluding carboxylic acids is 1. The molecule has 0 aliphatic rings. The molecule has 194 valence electrons. The molecule has 0 bridgehead atoms. The van der Waals surface area contributed by atoms with Crippen molar-refractivity contribution in [1.29, 1.82) is 0 Å². The van der Waals surface area contributed by atoms with E-state index in [-0.39, 0.29) is 21.6 Å². The van der Waals surface area contributed by atoms with Crippen LogP contribution in [-0.4, -0.2) is 25.0 Å². The van der Waals surface area contributed by atoms with E-state index >= 15 is 0 Å². The molecule has 0 heterocycles. The third-order valence-corrected chi connectivity index (χ3v) is 7.93. The van der Waals surface area contributed by atoms with Crippen LogP contribution in [0.5, 0.6) is 5.75 Å². The number of nitrogens with one attached hydrogen (secondary N) is 1. The molecule has 0 fully saturated rings. The molecule has 1 unspecified atom stereocenters. The molecule has 2 aromatic rings. The van der Waals surface area contributed by atoms with Crippen molar-refractivity contribution in [1.82, 2.24) is 0 Å². The second kappa shape index (κ2) is 11.6. The molecule has 35 heavy (non-hydrogen) atoms. The molecule has 0 aromatic heterocycles. The monoisotopic (exact) mass is 503 g/mol. The number of rotatable bonds is 12. The minimum absolute atomic E-state index is 0.0320. The van der Waals surface area contributed by atoms with Crippen molar-refractivity contribution in [2.45, 2.75) is 102 Å². The van der Waals surface area contributed by atoms with Gasteiger partial charge in [-0.2, -0.15) is 8.42 Å². The van der Waals surface area contributed by atoms with Crippen molar-refractivity contribution in [3.05, 3.63) is 53.6 Å². The second-order valence-electron chi connectivity index (χ2n) is 10.4. The summed E-state index contributed by atoms with van der Waals surface area (Å²) < 4.78 is 38.1. The SMILES string of the molecule is CCCCC(Oc1ccc(C(C)(C)CC)cc1C(C)(C)CC)C(=O)Nc1ccc(S(=O)(=O)O)cc1. The van der Waals surface area contributed by atoms with Crippen LogP contribution in [0.2, 0.25) is 0 Å². The summed E-state index contributed by atoms with van der Waals surface area (Å²) in [5.74, 6) is 0.418. The predicted molar refractivity (Wildman–Crippen MR) is 142 cm³/mol. The van der Waals surface area contributed by atoms with Gasteiger partial charge in [0, 0.05) is 11.3 Å². The quantitative estimate of drug-likeness (QED) is 0.308. The van der Waals surface area contributed by atoms with E-state index in [0.717, 1.165) is 31.2 Å². The highest BCUT2D eigenvalue weighted by Crippen LogP contribution is 2.39. The average Bonchev–Trinajstić information content (AvgIpc) is 2.81. The maximum Gasteiger partial charge on any atom is 0.294 e. The Kier molecular flexibility index (Phi) is 9.54. The molecule has 6 nitrogen and oxygen atoms in total. The van der Waals surface area contributed by atoms with Gasteiger partial charge in [0.05, 0.1) is 4.90 Å². The van der Waals surface area contributed by atoms with Gasteiger partial charge in [0.25, 0.3) is 16.0 Å². The summed E-state index contributed by atoms with van der Waals surface area (Å²) in [5.41, 5.74) is 2.67. The normalized spacial score (nSPS) is 13.4. The van der Waals surface area contributed by atoms with Gasteiger partial charge < -0.3 is 10.1 Å². The van der Waals surface area contributed by atoms with Crippen molar-refractivity contribution < 1.29 is 22.5 Å². The standard InChI is InChI=1S/C28H41NO5S/c1-8-11-12-25(26(30)29-21-14-16-22(17-15-21)35(31,32)33)34-24-18-13-20(27(4,5)9-2)19-23(24)28(6,7)10-3/h13-19,25H,8-12H2,1-7H3,(H,29,30)(H,31,32,33). The van der Waals surface area contributed by atoms with Gasteiger partial charge in [0.1, 0.15) is 5.75 Å². The first-order valence-electron chi connectivity index (χ1n) is 12.4. The van der Waals surface area contributed by atoms with Crippen LogP contribution in [0.25, 0.3) is 0 Å². The lowest BCUT2D eigenvalue weighted by Gasteiger charge is -2.31. The molecule has 7 heteroatoms. The lowest BCUT2D eigenvalue weighted by atomic mass is 9.76. The van der Waals surface area contributed by atoms with Gasteiger partial charge in [-0.25, -0.2) is 0 Å². The Balaban J connectivity index is 2.38. The number of unbranched alkanes of at least 4 members (excludes halogenated alkanes) is 1. The smallest absolute Gasteiger partial charge is 0.294 e. The molecule has 0 aliphatic heterocycles. The zero-order chi connectivity index (χ0) is 26.4. The molecule has 0 spiro atoms. The maximum absolute atomic E-state index is 13.2. The average molecular weight is 504 g/mol. The number of benzene rings is 2. The summed E-state index contributed by atoms with van der Waals surface area (Å²) in [4.78, 5) is 13.0. The van der Waals surface area contributed by atoms with E-state index in [2.05, 4.69) is 65.9 Å². The van der Waals surface area contributed by atoms with E-state index in [1.807, 2.05) is 6.07 Å². The zero-order valence-corrected chi connectivity index (χ0v) is 23.0. The van der Waals surface area contributed by atoms with Crippen LogP contribution in [0.1, 0.15) is 91.7 Å². The van der Waals surface area contributed by atoms with Crippen molar-refractivity contribution in [2.24, 2.45) is 0 Å². The molecule has 0 saturated carbocycles. The van der Waals surface area contributed by atoms with Crippen molar-refractivity contribution >= 4 is 21.7 Å². The zero-order valence-electron chi connectivity index (χ0n) is 22.1. The van der Waals surface area contributed by atoms with Crippen LogP contribution >= 0.6 is 0 Å². The second-order valence-corrected chi connectivity index (χ2v) is 11.8. The third kappa shape index (κ3) is 7.55. The van der Waals surface area contributed by atoms with E-state index in [9.17, 15) is 17.8 Å². The van der Waals surface area contributed by atoms with Gasteiger partial charge >= 0.3 is 0 Å². The van der Waals surface area contributed by atoms with Crippen LogP contribution in [0, 0.1) is 0 Å². The van der Waals surface area contributed by atoms with Crippen molar-refractivity contribution in [3.8, 4) is 5.75 Å². The van der Waals surface area contributed by atoms with Crippen LogP contribution in [0.3, 0.4) is 0 Å². The van der Waals surface area contributed by atoms with Gasteiger partial charge in [-0.15, -0.1) is 0 Å². The fourth-order valence-corrected chi connectivity index (χ4v) is 4.18. The summed E-state index contributed by atoms with van der Waals surface area (Å²) in [6, 6.07) is 11.7. The number of hydrogen-bond donors (Lipinski definition) is 2. The maximum atomic E-state index is 13.2. The van der Waals surface area contributed by atoms with Crippen LogP contribution in [0.4, 0.5) is 5.69 Å².